The highest BCUT2D eigenvalue weighted by molar-refractivity contribution is 7.10. The van der Waals surface area contributed by atoms with E-state index in [9.17, 15) is 4.79 Å². The molecule has 0 saturated heterocycles. The lowest BCUT2D eigenvalue weighted by atomic mass is 10.5. The minimum atomic E-state index is -0.508. The molecule has 0 aromatic carbocycles. The molecular weight excluding hydrogens is 134 g/mol. The van der Waals surface area contributed by atoms with Crippen LogP contribution in [0, 0.1) is 0 Å². The molecule has 0 N–H and O–H groups in total. The van der Waals surface area contributed by atoms with Crippen molar-refractivity contribution < 1.29 is 9.32 Å². The van der Waals surface area contributed by atoms with Gasteiger partial charge in [0.25, 0.3) is 5.24 Å². The zero-order valence-corrected chi connectivity index (χ0v) is 5.76. The maximum Gasteiger partial charge on any atom is 0.250 e. The van der Waals surface area contributed by atoms with Crippen molar-refractivity contribution in [3.8, 4) is 0 Å². The highest BCUT2D eigenvalue weighted by Gasteiger charge is 2.05. The number of halogens is 1. The average molecular weight is 141 g/mol. The molecular formula is C3H6ClO2P. The van der Waals surface area contributed by atoms with Gasteiger partial charge in [-0.25, -0.2) is 0 Å². The lowest BCUT2D eigenvalue weighted by Crippen LogP contribution is -2.09. The Bertz CT molecular complexity index is 75.3. The number of carbonyl (C=O) groups is 1. The van der Waals surface area contributed by atoms with Crippen molar-refractivity contribution in [3.05, 3.63) is 0 Å². The molecule has 0 saturated carbocycles. The summed E-state index contributed by atoms with van der Waals surface area (Å²) in [6, 6.07) is 0. The fourth-order valence-corrected chi connectivity index (χ4v) is 0.315. The number of carbonyl (C=O) groups excluding carboxylic acids is 1. The highest BCUT2D eigenvalue weighted by atomic mass is 35.5. The first-order valence-corrected chi connectivity index (χ1v) is 2.58. The molecule has 0 fully saturated rings. The minimum Gasteiger partial charge on any atom is -0.354 e. The maximum absolute atomic E-state index is 10.0. The largest absolute Gasteiger partial charge is 0.354 e. The second-order valence-corrected chi connectivity index (χ2v) is 1.73. The van der Waals surface area contributed by atoms with E-state index in [2.05, 4.69) is 4.52 Å². The van der Waals surface area contributed by atoms with Gasteiger partial charge in [0.05, 0.1) is 0 Å². The van der Waals surface area contributed by atoms with Crippen LogP contribution in [0.2, 0.25) is 0 Å². The minimum absolute atomic E-state index is 0.477. The van der Waals surface area contributed by atoms with Crippen LogP contribution in [-0.2, 0) is 9.32 Å². The lowest BCUT2D eigenvalue weighted by Gasteiger charge is -1.98. The monoisotopic (exact) mass is 140 g/mol. The van der Waals surface area contributed by atoms with Gasteiger partial charge in [0.2, 0.25) is 0 Å². The van der Waals surface area contributed by atoms with E-state index in [0.29, 0.717) is 0 Å². The van der Waals surface area contributed by atoms with Gasteiger partial charge in [-0.05, 0) is 18.5 Å². The molecule has 0 aliphatic rings. The predicted octanol–water partition coefficient (Wildman–Crippen LogP) is 0.947. The van der Waals surface area contributed by atoms with Crippen LogP contribution in [0.15, 0.2) is 0 Å². The van der Waals surface area contributed by atoms with Crippen molar-refractivity contribution in [3.63, 3.8) is 0 Å². The molecule has 0 amide bonds. The zero-order chi connectivity index (χ0) is 5.86. The topological polar surface area (TPSA) is 26.3 Å². The SMILES string of the molecule is CC(OP)C(=O)Cl. The molecule has 2 unspecified atom stereocenters. The van der Waals surface area contributed by atoms with E-state index in [0.717, 1.165) is 0 Å². The summed E-state index contributed by atoms with van der Waals surface area (Å²) in [7, 11) is 1.96. The van der Waals surface area contributed by atoms with Gasteiger partial charge in [0, 0.05) is 9.47 Å². The molecule has 0 heterocycles. The first-order chi connectivity index (χ1) is 3.18. The number of rotatable bonds is 2. The third kappa shape index (κ3) is 2.98. The molecule has 7 heavy (non-hydrogen) atoms. The van der Waals surface area contributed by atoms with Gasteiger partial charge < -0.3 is 4.52 Å². The van der Waals surface area contributed by atoms with Crippen molar-refractivity contribution in [2.75, 3.05) is 0 Å². The first-order valence-electron chi connectivity index (χ1n) is 1.73. The number of hydrogen-bond acceptors (Lipinski definition) is 2. The van der Waals surface area contributed by atoms with Gasteiger partial charge in [-0.3, -0.25) is 4.79 Å². The summed E-state index contributed by atoms with van der Waals surface area (Å²) in [5, 5.41) is -0.477. The van der Waals surface area contributed by atoms with Gasteiger partial charge in [0.15, 0.2) is 0 Å². The summed E-state index contributed by atoms with van der Waals surface area (Å²) in [5.41, 5.74) is 0. The van der Waals surface area contributed by atoms with Gasteiger partial charge in [-0.2, -0.15) is 0 Å². The van der Waals surface area contributed by atoms with Gasteiger partial charge in [0.1, 0.15) is 6.10 Å². The Labute approximate surface area is 49.5 Å². The Hall–Kier alpha value is 0.350. The van der Waals surface area contributed by atoms with Crippen LogP contribution in [0.5, 0.6) is 0 Å². The van der Waals surface area contributed by atoms with E-state index in [1.54, 1.807) is 6.92 Å². The first kappa shape index (κ1) is 7.35. The van der Waals surface area contributed by atoms with E-state index in [-0.39, 0.29) is 0 Å². The molecule has 0 aliphatic carbocycles. The Morgan fingerprint density at radius 2 is 2.43 bits per heavy atom. The fraction of sp³-hybridized carbons (Fsp3) is 0.667. The van der Waals surface area contributed by atoms with Crippen LogP contribution in [0.3, 0.4) is 0 Å². The Kier molecular flexibility index (Phi) is 3.53. The summed E-state index contributed by atoms with van der Waals surface area (Å²) in [6.07, 6.45) is -0.508. The lowest BCUT2D eigenvalue weighted by molar-refractivity contribution is -0.116. The van der Waals surface area contributed by atoms with Crippen LogP contribution in [-0.4, -0.2) is 11.3 Å². The summed E-state index contributed by atoms with van der Waals surface area (Å²) < 4.78 is 4.45. The molecule has 2 atom stereocenters. The second-order valence-electron chi connectivity index (χ2n) is 1.08. The summed E-state index contributed by atoms with van der Waals surface area (Å²) >= 11 is 4.95. The molecule has 0 aliphatic heterocycles. The Balaban J connectivity index is 3.34. The molecule has 0 aromatic heterocycles. The van der Waals surface area contributed by atoms with Crippen molar-refractivity contribution in [1.29, 1.82) is 0 Å². The third-order valence-corrected chi connectivity index (χ3v) is 1.24. The Morgan fingerprint density at radius 3 is 2.43 bits per heavy atom. The van der Waals surface area contributed by atoms with Crippen LogP contribution in [0.1, 0.15) is 6.92 Å². The van der Waals surface area contributed by atoms with Gasteiger partial charge in [-0.15, -0.1) is 0 Å². The summed E-state index contributed by atoms with van der Waals surface area (Å²) in [6.45, 7) is 1.57. The molecule has 0 bridgehead atoms. The van der Waals surface area contributed by atoms with Crippen molar-refractivity contribution in [2.24, 2.45) is 0 Å². The Morgan fingerprint density at radius 1 is 2.00 bits per heavy atom. The molecule has 4 heteroatoms. The molecule has 0 aromatic rings. The van der Waals surface area contributed by atoms with Crippen molar-refractivity contribution >= 4 is 26.3 Å². The van der Waals surface area contributed by atoms with E-state index >= 15 is 0 Å². The molecule has 0 rings (SSSR count). The van der Waals surface area contributed by atoms with E-state index in [1.807, 2.05) is 9.47 Å². The maximum atomic E-state index is 10.0. The highest BCUT2D eigenvalue weighted by Crippen LogP contribution is 1.99. The average Bonchev–Trinajstić information content (AvgIpc) is 1.65. The normalized spacial score (nSPS) is 13.6. The second kappa shape index (κ2) is 3.36. The molecule has 42 valence electrons. The van der Waals surface area contributed by atoms with Gasteiger partial charge in [-0.1, -0.05) is 0 Å². The molecule has 0 spiro atoms. The van der Waals surface area contributed by atoms with E-state index in [1.165, 1.54) is 0 Å². The van der Waals surface area contributed by atoms with E-state index < -0.39 is 11.3 Å². The van der Waals surface area contributed by atoms with Crippen LogP contribution in [0.4, 0.5) is 0 Å². The molecule has 0 radical (unpaired) electrons. The number of hydrogen-bond donors (Lipinski definition) is 0. The third-order valence-electron chi connectivity index (χ3n) is 0.524. The molecule has 2 nitrogen and oxygen atoms in total. The van der Waals surface area contributed by atoms with Crippen LogP contribution < -0.4 is 0 Å². The fourth-order valence-electron chi connectivity index (χ4n) is 0.0535. The van der Waals surface area contributed by atoms with Crippen molar-refractivity contribution in [1.82, 2.24) is 0 Å². The summed E-state index contributed by atoms with van der Waals surface area (Å²) in [5.74, 6) is 0. The van der Waals surface area contributed by atoms with Gasteiger partial charge >= 0.3 is 0 Å². The standard InChI is InChI=1S/C3H6ClO2P/c1-2(6-7)3(4)5/h2H,7H2,1H3. The van der Waals surface area contributed by atoms with Crippen LogP contribution in [0.25, 0.3) is 0 Å². The smallest absolute Gasteiger partial charge is 0.250 e. The summed E-state index contributed by atoms with van der Waals surface area (Å²) in [4.78, 5) is 10.0. The predicted molar refractivity (Wildman–Crippen MR) is 31.1 cm³/mol. The quantitative estimate of drug-likeness (QED) is 0.422. The van der Waals surface area contributed by atoms with E-state index in [4.69, 9.17) is 11.6 Å². The van der Waals surface area contributed by atoms with Crippen LogP contribution >= 0.6 is 21.1 Å². The zero-order valence-electron chi connectivity index (χ0n) is 3.85. The van der Waals surface area contributed by atoms with Crippen molar-refractivity contribution in [2.45, 2.75) is 13.0 Å².